The van der Waals surface area contributed by atoms with Gasteiger partial charge in [-0.25, -0.2) is 9.97 Å². The smallest absolute Gasteiger partial charge is 0.116 e. The Hall–Kier alpha value is -1.70. The van der Waals surface area contributed by atoms with E-state index >= 15 is 0 Å². The molecule has 0 fully saturated rings. The molecule has 3 rings (SSSR count). The molecule has 1 heterocycles. The van der Waals surface area contributed by atoms with Gasteiger partial charge in [0.15, 0.2) is 0 Å². The molecule has 0 atom stereocenters. The van der Waals surface area contributed by atoms with Gasteiger partial charge in [0.25, 0.3) is 0 Å². The van der Waals surface area contributed by atoms with Crippen LogP contribution in [0.5, 0.6) is 0 Å². The summed E-state index contributed by atoms with van der Waals surface area (Å²) in [6.07, 6.45) is 8.82. The molecule has 0 amide bonds. The number of hydrogen-bond donors (Lipinski definition) is 0. The molecule has 1 aliphatic carbocycles. The first-order valence-electron chi connectivity index (χ1n) is 4.33. The van der Waals surface area contributed by atoms with Crippen LogP contribution in [0.4, 0.5) is 0 Å². The fourth-order valence-electron chi connectivity index (χ4n) is 1.79. The van der Waals surface area contributed by atoms with Crippen molar-refractivity contribution in [3.63, 3.8) is 0 Å². The van der Waals surface area contributed by atoms with Crippen molar-refractivity contribution < 1.29 is 0 Å². The van der Waals surface area contributed by atoms with E-state index in [1.54, 1.807) is 6.33 Å². The minimum atomic E-state index is 1.04. The van der Waals surface area contributed by atoms with E-state index in [4.69, 9.17) is 0 Å². The predicted octanol–water partition coefficient (Wildman–Crippen LogP) is 2.20. The second-order valence-electron chi connectivity index (χ2n) is 3.21. The number of benzene rings is 1. The number of fused-ring (bicyclic) bond motifs is 3. The molecule has 0 bridgehead atoms. The molecule has 1 aromatic heterocycles. The highest BCUT2D eigenvalue weighted by Gasteiger charge is 2.08. The average Bonchev–Trinajstić information content (AvgIpc) is 2.65. The molecule has 2 nitrogen and oxygen atoms in total. The van der Waals surface area contributed by atoms with Crippen LogP contribution in [0.3, 0.4) is 0 Å². The van der Waals surface area contributed by atoms with Crippen LogP contribution < -0.4 is 0 Å². The van der Waals surface area contributed by atoms with Crippen LogP contribution in [-0.4, -0.2) is 9.97 Å². The van der Waals surface area contributed by atoms with Crippen LogP contribution in [0, 0.1) is 0 Å². The summed E-state index contributed by atoms with van der Waals surface area (Å²) < 4.78 is 0. The van der Waals surface area contributed by atoms with Gasteiger partial charge in [0.2, 0.25) is 0 Å². The number of nitrogens with zero attached hydrogens (tertiary/aromatic N) is 2. The van der Waals surface area contributed by atoms with Crippen molar-refractivity contribution in [2.75, 3.05) is 0 Å². The Kier molecular flexibility index (Phi) is 1.25. The quantitative estimate of drug-likeness (QED) is 0.602. The number of aromatic nitrogens is 2. The third-order valence-electron chi connectivity index (χ3n) is 2.43. The summed E-state index contributed by atoms with van der Waals surface area (Å²) in [5.41, 5.74) is 3.70. The zero-order valence-electron chi connectivity index (χ0n) is 7.07. The number of allylic oxidation sites excluding steroid dienone is 1. The van der Waals surface area contributed by atoms with Crippen LogP contribution in [0.2, 0.25) is 0 Å². The normalized spacial score (nSPS) is 13.5. The van der Waals surface area contributed by atoms with Gasteiger partial charge in [0.1, 0.15) is 6.33 Å². The highest BCUT2D eigenvalue weighted by molar-refractivity contribution is 5.89. The molecule has 0 unspecified atom stereocenters. The molecule has 0 spiro atoms. The molecule has 0 saturated carbocycles. The maximum absolute atomic E-state index is 4.29. The molecule has 2 aromatic rings. The van der Waals surface area contributed by atoms with Crippen molar-refractivity contribution in [2.24, 2.45) is 0 Å². The van der Waals surface area contributed by atoms with E-state index in [9.17, 15) is 0 Å². The molecule has 0 aliphatic heterocycles. The van der Waals surface area contributed by atoms with Gasteiger partial charge in [0.05, 0.1) is 5.52 Å². The maximum Gasteiger partial charge on any atom is 0.116 e. The van der Waals surface area contributed by atoms with Gasteiger partial charge in [-0.3, -0.25) is 0 Å². The molecule has 1 aromatic carbocycles. The molecule has 0 radical (unpaired) electrons. The second kappa shape index (κ2) is 2.39. The van der Waals surface area contributed by atoms with Crippen molar-refractivity contribution in [1.82, 2.24) is 9.97 Å². The fraction of sp³-hybridized carbons (Fsp3) is 0.0909. The zero-order chi connectivity index (χ0) is 8.67. The monoisotopic (exact) mass is 168 g/mol. The van der Waals surface area contributed by atoms with Gasteiger partial charge < -0.3 is 0 Å². The molecule has 13 heavy (non-hydrogen) atoms. The molecular formula is C11H8N2. The Morgan fingerprint density at radius 1 is 1.23 bits per heavy atom. The van der Waals surface area contributed by atoms with Gasteiger partial charge in [0, 0.05) is 17.1 Å². The first-order valence-corrected chi connectivity index (χ1v) is 4.33. The van der Waals surface area contributed by atoms with Crippen LogP contribution in [0.1, 0.15) is 11.1 Å². The summed E-state index contributed by atoms with van der Waals surface area (Å²) in [6, 6.07) is 4.24. The molecule has 2 heteroatoms. The Morgan fingerprint density at radius 3 is 3.23 bits per heavy atom. The lowest BCUT2D eigenvalue weighted by Crippen LogP contribution is -1.87. The van der Waals surface area contributed by atoms with E-state index in [-0.39, 0.29) is 0 Å². The molecule has 62 valence electrons. The minimum Gasteiger partial charge on any atom is -0.244 e. The van der Waals surface area contributed by atoms with E-state index in [0.717, 1.165) is 17.3 Å². The minimum absolute atomic E-state index is 1.04. The number of rotatable bonds is 0. The van der Waals surface area contributed by atoms with Gasteiger partial charge >= 0.3 is 0 Å². The Balaban J connectivity index is 2.49. The van der Waals surface area contributed by atoms with Crippen molar-refractivity contribution >= 4 is 17.0 Å². The lowest BCUT2D eigenvalue weighted by Gasteiger charge is -2.01. The van der Waals surface area contributed by atoms with Crippen molar-refractivity contribution in [1.29, 1.82) is 0 Å². The summed E-state index contributed by atoms with van der Waals surface area (Å²) in [4.78, 5) is 8.29. The third-order valence-corrected chi connectivity index (χ3v) is 2.43. The first kappa shape index (κ1) is 6.78. The van der Waals surface area contributed by atoms with Crippen molar-refractivity contribution in [3.8, 4) is 0 Å². The zero-order valence-corrected chi connectivity index (χ0v) is 7.07. The molecule has 0 N–H and O–H groups in total. The van der Waals surface area contributed by atoms with Crippen LogP contribution in [0.25, 0.3) is 17.0 Å². The van der Waals surface area contributed by atoms with E-state index in [0.29, 0.717) is 0 Å². The molecule has 1 aliphatic rings. The Labute approximate surface area is 76.0 Å². The lowest BCUT2D eigenvalue weighted by atomic mass is 10.1. The number of hydrogen-bond acceptors (Lipinski definition) is 2. The van der Waals surface area contributed by atoms with Gasteiger partial charge in [-0.05, 0) is 12.0 Å². The SMILES string of the molecule is C1=Cc2c(ccc3cncnc23)C1. The Morgan fingerprint density at radius 2 is 2.23 bits per heavy atom. The van der Waals surface area contributed by atoms with E-state index < -0.39 is 0 Å². The fourth-order valence-corrected chi connectivity index (χ4v) is 1.79. The molecular weight excluding hydrogens is 160 g/mol. The van der Waals surface area contributed by atoms with Crippen LogP contribution in [-0.2, 0) is 6.42 Å². The maximum atomic E-state index is 4.29. The van der Waals surface area contributed by atoms with Gasteiger partial charge in [-0.2, -0.15) is 0 Å². The highest BCUT2D eigenvalue weighted by Crippen LogP contribution is 2.25. The lowest BCUT2D eigenvalue weighted by molar-refractivity contribution is 1.21. The molecule has 0 saturated heterocycles. The Bertz CT molecular complexity index is 500. The summed E-state index contributed by atoms with van der Waals surface area (Å²) in [5, 5.41) is 1.12. The topological polar surface area (TPSA) is 25.8 Å². The largest absolute Gasteiger partial charge is 0.244 e. The van der Waals surface area contributed by atoms with Crippen LogP contribution in [0.15, 0.2) is 30.7 Å². The van der Waals surface area contributed by atoms with Crippen molar-refractivity contribution in [3.05, 3.63) is 41.9 Å². The highest BCUT2D eigenvalue weighted by atomic mass is 14.8. The van der Waals surface area contributed by atoms with E-state index in [1.807, 2.05) is 6.20 Å². The first-order chi connectivity index (χ1) is 6.45. The van der Waals surface area contributed by atoms with E-state index in [2.05, 4.69) is 34.3 Å². The summed E-state index contributed by atoms with van der Waals surface area (Å²) >= 11 is 0. The standard InChI is InChI=1S/C11H8N2/c1-2-8-4-5-9-6-12-7-13-11(9)10(8)3-1/h1,3-7H,2H2. The van der Waals surface area contributed by atoms with Crippen molar-refractivity contribution in [2.45, 2.75) is 6.42 Å². The average molecular weight is 168 g/mol. The summed E-state index contributed by atoms with van der Waals surface area (Å²) in [5.74, 6) is 0. The summed E-state index contributed by atoms with van der Waals surface area (Å²) in [7, 11) is 0. The van der Waals surface area contributed by atoms with E-state index in [1.165, 1.54) is 11.1 Å². The second-order valence-corrected chi connectivity index (χ2v) is 3.21. The third kappa shape index (κ3) is 0.886. The predicted molar refractivity (Wildman–Crippen MR) is 52.3 cm³/mol. The summed E-state index contributed by atoms with van der Waals surface area (Å²) in [6.45, 7) is 0. The van der Waals surface area contributed by atoms with Gasteiger partial charge in [-0.1, -0.05) is 24.3 Å². The van der Waals surface area contributed by atoms with Crippen LogP contribution >= 0.6 is 0 Å². The van der Waals surface area contributed by atoms with Gasteiger partial charge in [-0.15, -0.1) is 0 Å².